The second-order valence-corrected chi connectivity index (χ2v) is 6.17. The van der Waals surface area contributed by atoms with Crippen LogP contribution in [0.15, 0.2) is 0 Å². The second-order valence-electron chi connectivity index (χ2n) is 1.61. The van der Waals surface area contributed by atoms with E-state index >= 15 is 0 Å². The van der Waals surface area contributed by atoms with Crippen molar-refractivity contribution in [3.63, 3.8) is 0 Å². The Kier molecular flexibility index (Phi) is 12.2. The number of alkyl halides is 6. The molecule has 2 N–H and O–H groups in total. The van der Waals surface area contributed by atoms with Crippen LogP contribution < -0.4 is 0 Å². The third kappa shape index (κ3) is 15.4. The van der Waals surface area contributed by atoms with Crippen LogP contribution in [-0.2, 0) is 31.3 Å². The zero-order valence-electron chi connectivity index (χ0n) is 6.48. The first-order valence-electron chi connectivity index (χ1n) is 2.49. The van der Waals surface area contributed by atoms with Gasteiger partial charge < -0.3 is 10.2 Å². The Morgan fingerprint density at radius 2 is 0.800 bits per heavy atom. The molecule has 0 rings (SSSR count). The van der Waals surface area contributed by atoms with E-state index in [0.29, 0.717) is 0 Å². The van der Waals surface area contributed by atoms with Crippen LogP contribution in [0.4, 0.5) is 0 Å². The summed E-state index contributed by atoms with van der Waals surface area (Å²) in [5.74, 6) is -2.92. The predicted octanol–water partition coefficient (Wildman–Crippen LogP) is 2.88. The Hall–Kier alpha value is 1.39. The van der Waals surface area contributed by atoms with E-state index in [0.717, 1.165) is 0 Å². The molecule has 0 unspecified atom stereocenters. The quantitative estimate of drug-likeness (QED) is 0.505. The Balaban J connectivity index is -0.000000180. The van der Waals surface area contributed by atoms with E-state index in [9.17, 15) is 9.59 Å². The maximum atomic E-state index is 9.62. The maximum absolute atomic E-state index is 9.62. The van der Waals surface area contributed by atoms with Crippen molar-refractivity contribution >= 4 is 81.5 Å². The minimum Gasteiger partial charge on any atom is -0.478 e. The number of carboxylic acid groups (broad SMARTS) is 2. The van der Waals surface area contributed by atoms with Gasteiger partial charge in [-0.15, -0.1) is 0 Å². The summed E-state index contributed by atoms with van der Waals surface area (Å²) in [5.41, 5.74) is 0. The van der Waals surface area contributed by atoms with E-state index in [1.54, 1.807) is 0 Å². The van der Waals surface area contributed by atoms with Gasteiger partial charge in [0.25, 0.3) is 7.59 Å². The molecule has 0 fully saturated rings. The van der Waals surface area contributed by atoms with Crippen LogP contribution >= 0.6 is 69.6 Å². The average Bonchev–Trinajstić information content (AvgIpc) is 1.83. The van der Waals surface area contributed by atoms with Crippen molar-refractivity contribution in [3.8, 4) is 0 Å². The van der Waals surface area contributed by atoms with Crippen molar-refractivity contribution in [1.29, 1.82) is 0 Å². The summed E-state index contributed by atoms with van der Waals surface area (Å²) in [7, 11) is 0. The zero-order valence-corrected chi connectivity index (χ0v) is 12.6. The summed E-state index contributed by atoms with van der Waals surface area (Å²) in [5, 5.41) is 15.7. The summed E-state index contributed by atoms with van der Waals surface area (Å²) in [6.45, 7) is 0. The van der Waals surface area contributed by atoms with Crippen LogP contribution in [0.3, 0.4) is 0 Å². The van der Waals surface area contributed by atoms with Gasteiger partial charge in [0.1, 0.15) is 0 Å². The normalized spacial score (nSPS) is 10.5. The molecule has 0 saturated carbocycles. The number of carboxylic acids is 2. The number of hydrogen-bond acceptors (Lipinski definition) is 2. The van der Waals surface area contributed by atoms with Crippen molar-refractivity contribution in [2.24, 2.45) is 0 Å². The van der Waals surface area contributed by atoms with Crippen LogP contribution in [0.1, 0.15) is 0 Å². The topological polar surface area (TPSA) is 74.6 Å². The maximum Gasteiger partial charge on any atom is 0.356 e. The first-order valence-corrected chi connectivity index (χ1v) is 4.76. The molecule has 0 radical (unpaired) electrons. The van der Waals surface area contributed by atoms with Crippen LogP contribution in [0.2, 0.25) is 0 Å². The minimum atomic E-state index is -2.17. The summed E-state index contributed by atoms with van der Waals surface area (Å²) < 4.78 is -4.33. The third-order valence-corrected chi connectivity index (χ3v) is 1.46. The van der Waals surface area contributed by atoms with Gasteiger partial charge in [0.05, 0.1) is 0 Å². The van der Waals surface area contributed by atoms with E-state index in [1.807, 2.05) is 0 Å². The molecule has 0 amide bonds. The smallest absolute Gasteiger partial charge is 0.356 e. The number of aliphatic carboxylic acids is 2. The predicted molar refractivity (Wildman–Crippen MR) is 55.9 cm³/mol. The fourth-order valence-corrected chi connectivity index (χ4v) is 0. The Labute approximate surface area is 130 Å². The molecule has 0 bridgehead atoms. The first-order chi connectivity index (χ1) is 5.89. The number of halogens is 6. The van der Waals surface area contributed by atoms with Gasteiger partial charge in [-0.05, 0) is 0 Å². The third-order valence-electron chi connectivity index (χ3n) is 0.485. The van der Waals surface area contributed by atoms with Crippen molar-refractivity contribution in [1.82, 2.24) is 0 Å². The molecular formula is C4H2Cl6O4Ti. The summed E-state index contributed by atoms with van der Waals surface area (Å²) in [6, 6.07) is 0. The summed E-state index contributed by atoms with van der Waals surface area (Å²) in [6.07, 6.45) is 0. The van der Waals surface area contributed by atoms with E-state index in [-0.39, 0.29) is 21.7 Å². The molecule has 11 heteroatoms. The monoisotopic (exact) mass is 372 g/mol. The van der Waals surface area contributed by atoms with Gasteiger partial charge in [-0.25, -0.2) is 9.59 Å². The number of hydrogen-bond donors (Lipinski definition) is 2. The molecule has 0 aromatic heterocycles. The molecule has 0 spiro atoms. The SMILES string of the molecule is O=C(O)C(Cl)(Cl)Cl.O=C(O)C(Cl)(Cl)Cl.[Ti]. The molecule has 0 aliphatic rings. The van der Waals surface area contributed by atoms with Crippen LogP contribution in [0, 0.1) is 0 Å². The number of carbonyl (C=O) groups is 2. The molecule has 4 nitrogen and oxygen atoms in total. The van der Waals surface area contributed by atoms with Crippen molar-refractivity contribution in [3.05, 3.63) is 0 Å². The van der Waals surface area contributed by atoms with Crippen LogP contribution in [-0.4, -0.2) is 29.7 Å². The van der Waals surface area contributed by atoms with Crippen molar-refractivity contribution < 1.29 is 41.5 Å². The number of rotatable bonds is 0. The standard InChI is InChI=1S/2C2HCl3O2.Ti/c2*3-2(4,5)1(6)7;/h2*(H,6,7);. The Bertz CT molecular complexity index is 196. The molecule has 0 aliphatic heterocycles. The Morgan fingerprint density at radius 3 is 0.800 bits per heavy atom. The molecule has 88 valence electrons. The molecule has 0 atom stereocenters. The molecule has 0 heterocycles. The van der Waals surface area contributed by atoms with Crippen molar-refractivity contribution in [2.75, 3.05) is 0 Å². The van der Waals surface area contributed by atoms with Crippen molar-refractivity contribution in [2.45, 2.75) is 7.59 Å². The largest absolute Gasteiger partial charge is 0.478 e. The minimum absolute atomic E-state index is 0. The summed E-state index contributed by atoms with van der Waals surface area (Å²) >= 11 is 28.8. The van der Waals surface area contributed by atoms with E-state index in [2.05, 4.69) is 0 Å². The molecule has 0 aromatic rings. The van der Waals surface area contributed by atoms with Gasteiger partial charge in [0.15, 0.2) is 0 Å². The Morgan fingerprint density at radius 1 is 0.733 bits per heavy atom. The van der Waals surface area contributed by atoms with Gasteiger partial charge in [0, 0.05) is 21.7 Å². The molecular weight excluding hydrogens is 373 g/mol. The van der Waals surface area contributed by atoms with E-state index < -0.39 is 19.5 Å². The van der Waals surface area contributed by atoms with Crippen LogP contribution in [0.25, 0.3) is 0 Å². The average molecular weight is 375 g/mol. The van der Waals surface area contributed by atoms with Gasteiger partial charge in [-0.3, -0.25) is 0 Å². The molecule has 0 aromatic carbocycles. The second kappa shape index (κ2) is 8.48. The van der Waals surface area contributed by atoms with Gasteiger partial charge in [-0.1, -0.05) is 69.6 Å². The van der Waals surface area contributed by atoms with E-state index in [4.69, 9.17) is 79.8 Å². The molecule has 0 saturated heterocycles. The van der Waals surface area contributed by atoms with Crippen LogP contribution in [0.5, 0.6) is 0 Å². The van der Waals surface area contributed by atoms with Gasteiger partial charge in [0.2, 0.25) is 0 Å². The summed E-state index contributed by atoms with van der Waals surface area (Å²) in [4.78, 5) is 19.2. The fourth-order valence-electron chi connectivity index (χ4n) is 0. The zero-order chi connectivity index (χ0) is 12.2. The van der Waals surface area contributed by atoms with Gasteiger partial charge >= 0.3 is 11.9 Å². The molecule has 15 heavy (non-hydrogen) atoms. The first kappa shape index (κ1) is 21.7. The van der Waals surface area contributed by atoms with Gasteiger partial charge in [-0.2, -0.15) is 0 Å². The van der Waals surface area contributed by atoms with E-state index in [1.165, 1.54) is 0 Å². The fraction of sp³-hybridized carbons (Fsp3) is 0.500. The molecule has 0 aliphatic carbocycles.